The number of halogens is 4. The van der Waals surface area contributed by atoms with Gasteiger partial charge in [0, 0.05) is 20.3 Å². The number of hydrogen-bond donors (Lipinski definition) is 1. The average Bonchev–Trinajstić information content (AvgIpc) is 2.85. The van der Waals surface area contributed by atoms with Crippen molar-refractivity contribution in [2.75, 3.05) is 7.05 Å². The summed E-state index contributed by atoms with van der Waals surface area (Å²) in [6, 6.07) is 7.96. The third-order valence-electron chi connectivity index (χ3n) is 3.00. The van der Waals surface area contributed by atoms with E-state index in [1.54, 1.807) is 6.07 Å². The van der Waals surface area contributed by atoms with Gasteiger partial charge in [0.15, 0.2) is 0 Å². The van der Waals surface area contributed by atoms with Crippen LogP contribution in [0.15, 0.2) is 34.8 Å². The van der Waals surface area contributed by atoms with Gasteiger partial charge in [-0.1, -0.05) is 15.9 Å². The number of rotatable bonds is 3. The summed E-state index contributed by atoms with van der Waals surface area (Å²) in [6.07, 6.45) is -4.34. The molecular formula is C14H13BrF3NS. The zero-order valence-electron chi connectivity index (χ0n) is 10.9. The molecule has 108 valence electrons. The normalized spacial score (nSPS) is 13.5. The van der Waals surface area contributed by atoms with E-state index >= 15 is 0 Å². The molecule has 1 aromatic carbocycles. The van der Waals surface area contributed by atoms with E-state index in [9.17, 15) is 13.2 Å². The first-order chi connectivity index (χ1) is 9.31. The van der Waals surface area contributed by atoms with Gasteiger partial charge in [0.05, 0.1) is 5.56 Å². The van der Waals surface area contributed by atoms with Gasteiger partial charge in [-0.05, 0) is 49.9 Å². The highest BCUT2D eigenvalue weighted by Gasteiger charge is 2.31. The summed E-state index contributed by atoms with van der Waals surface area (Å²) in [5.74, 6) is 0. The molecule has 0 bridgehead atoms. The van der Waals surface area contributed by atoms with E-state index in [0.717, 1.165) is 15.8 Å². The van der Waals surface area contributed by atoms with E-state index in [2.05, 4.69) is 21.2 Å². The second kappa shape index (κ2) is 5.87. The Hall–Kier alpha value is -0.850. The number of benzene rings is 1. The molecule has 6 heteroatoms. The topological polar surface area (TPSA) is 12.0 Å². The maximum Gasteiger partial charge on any atom is 0.416 e. The van der Waals surface area contributed by atoms with Crippen molar-refractivity contribution < 1.29 is 13.2 Å². The predicted molar refractivity (Wildman–Crippen MR) is 79.9 cm³/mol. The van der Waals surface area contributed by atoms with Crippen LogP contribution in [0.3, 0.4) is 0 Å². The lowest BCUT2D eigenvalue weighted by Gasteiger charge is -2.09. The van der Waals surface area contributed by atoms with Crippen molar-refractivity contribution in [3.63, 3.8) is 0 Å². The molecule has 2 rings (SSSR count). The Morgan fingerprint density at radius 2 is 1.90 bits per heavy atom. The fourth-order valence-corrected chi connectivity index (χ4v) is 3.33. The molecule has 0 fully saturated rings. The van der Waals surface area contributed by atoms with Crippen LogP contribution in [0.4, 0.5) is 13.2 Å². The van der Waals surface area contributed by atoms with Crippen LogP contribution in [0.5, 0.6) is 0 Å². The van der Waals surface area contributed by atoms with Gasteiger partial charge in [0.25, 0.3) is 0 Å². The van der Waals surface area contributed by atoms with Crippen molar-refractivity contribution in [2.45, 2.75) is 19.1 Å². The van der Waals surface area contributed by atoms with Crippen LogP contribution >= 0.6 is 27.3 Å². The average molecular weight is 364 g/mol. The summed E-state index contributed by atoms with van der Waals surface area (Å²) >= 11 is 4.64. The molecule has 0 amide bonds. The van der Waals surface area contributed by atoms with Gasteiger partial charge in [0.1, 0.15) is 0 Å². The minimum atomic E-state index is -4.34. The van der Waals surface area contributed by atoms with E-state index in [4.69, 9.17) is 0 Å². The molecule has 2 aromatic rings. The van der Waals surface area contributed by atoms with Crippen molar-refractivity contribution in [3.8, 4) is 10.4 Å². The van der Waals surface area contributed by atoms with E-state index in [0.29, 0.717) is 10.0 Å². The maximum absolute atomic E-state index is 12.8. The Labute approximate surface area is 128 Å². The number of hydrogen-bond acceptors (Lipinski definition) is 2. The minimum Gasteiger partial charge on any atom is -0.313 e. The fourth-order valence-electron chi connectivity index (χ4n) is 1.78. The molecule has 1 atom stereocenters. The summed E-state index contributed by atoms with van der Waals surface area (Å²) in [7, 11) is 1.85. The summed E-state index contributed by atoms with van der Waals surface area (Å²) in [5, 5.41) is 3.11. The minimum absolute atomic E-state index is 0.183. The Kier molecular flexibility index (Phi) is 4.56. The largest absolute Gasteiger partial charge is 0.416 e. The summed E-state index contributed by atoms with van der Waals surface area (Å²) in [4.78, 5) is 1.92. The molecule has 1 aromatic heterocycles. The first kappa shape index (κ1) is 15.5. The molecule has 0 aliphatic rings. The third-order valence-corrected chi connectivity index (χ3v) is 4.77. The molecule has 20 heavy (non-hydrogen) atoms. The summed E-state index contributed by atoms with van der Waals surface area (Å²) < 4.78 is 38.9. The van der Waals surface area contributed by atoms with E-state index in [1.165, 1.54) is 17.4 Å². The molecule has 0 saturated carbocycles. The Balaban J connectivity index is 2.42. The van der Waals surface area contributed by atoms with Gasteiger partial charge in [0.2, 0.25) is 0 Å². The van der Waals surface area contributed by atoms with Crippen LogP contribution in [0, 0.1) is 0 Å². The quantitative estimate of drug-likeness (QED) is 0.761. The monoisotopic (exact) mass is 363 g/mol. The number of nitrogens with one attached hydrogen (secondary N) is 1. The highest BCUT2D eigenvalue weighted by atomic mass is 79.9. The van der Waals surface area contributed by atoms with Gasteiger partial charge < -0.3 is 5.32 Å². The molecule has 0 aliphatic carbocycles. The molecule has 1 nitrogen and oxygen atoms in total. The van der Waals surface area contributed by atoms with Gasteiger partial charge in [-0.3, -0.25) is 0 Å². The predicted octanol–water partition coefficient (Wildman–Crippen LogP) is 5.48. The standard InChI is InChI=1S/C14H13BrF3NS/c1-8(19-2)12-3-4-13(20-12)9-5-10(14(16,17)18)7-11(15)6-9/h3-8,19H,1-2H3. The lowest BCUT2D eigenvalue weighted by Crippen LogP contribution is -2.10. The first-order valence-corrected chi connectivity index (χ1v) is 7.57. The Morgan fingerprint density at radius 1 is 1.20 bits per heavy atom. The van der Waals surface area contributed by atoms with Crippen molar-refractivity contribution in [1.29, 1.82) is 0 Å². The fraction of sp³-hybridized carbons (Fsp3) is 0.286. The number of alkyl halides is 3. The molecule has 1 heterocycles. The summed E-state index contributed by atoms with van der Waals surface area (Å²) in [6.45, 7) is 2.01. The van der Waals surface area contributed by atoms with E-state index < -0.39 is 11.7 Å². The molecular weight excluding hydrogens is 351 g/mol. The van der Waals surface area contributed by atoms with Crippen LogP contribution in [-0.4, -0.2) is 7.05 Å². The summed E-state index contributed by atoms with van der Waals surface area (Å²) in [5.41, 5.74) is -0.0651. The van der Waals surface area contributed by atoms with Crippen molar-refractivity contribution in [1.82, 2.24) is 5.32 Å². The molecule has 1 unspecified atom stereocenters. The first-order valence-electron chi connectivity index (χ1n) is 5.96. The SMILES string of the molecule is CNC(C)c1ccc(-c2cc(Br)cc(C(F)(F)F)c2)s1. The van der Waals surface area contributed by atoms with Gasteiger partial charge in [-0.25, -0.2) is 0 Å². The molecule has 1 N–H and O–H groups in total. The van der Waals surface area contributed by atoms with Gasteiger partial charge >= 0.3 is 6.18 Å². The molecule has 0 saturated heterocycles. The second-order valence-electron chi connectivity index (χ2n) is 4.44. The van der Waals surface area contributed by atoms with Crippen LogP contribution in [0.1, 0.15) is 23.4 Å². The Morgan fingerprint density at radius 3 is 2.50 bits per heavy atom. The highest BCUT2D eigenvalue weighted by Crippen LogP contribution is 2.37. The van der Waals surface area contributed by atoms with Gasteiger partial charge in [-0.2, -0.15) is 13.2 Å². The Bertz CT molecular complexity index is 607. The zero-order valence-corrected chi connectivity index (χ0v) is 13.3. The smallest absolute Gasteiger partial charge is 0.313 e. The molecule has 0 radical (unpaired) electrons. The van der Waals surface area contributed by atoms with E-state index in [-0.39, 0.29) is 6.04 Å². The van der Waals surface area contributed by atoms with Crippen molar-refractivity contribution in [2.24, 2.45) is 0 Å². The second-order valence-corrected chi connectivity index (χ2v) is 6.47. The number of thiophene rings is 1. The van der Waals surface area contributed by atoms with Crippen molar-refractivity contribution in [3.05, 3.63) is 45.2 Å². The van der Waals surface area contributed by atoms with Crippen LogP contribution in [0.25, 0.3) is 10.4 Å². The van der Waals surface area contributed by atoms with Crippen LogP contribution in [-0.2, 0) is 6.18 Å². The van der Waals surface area contributed by atoms with Crippen LogP contribution in [0.2, 0.25) is 0 Å². The lowest BCUT2D eigenvalue weighted by atomic mass is 10.1. The van der Waals surface area contributed by atoms with Gasteiger partial charge in [-0.15, -0.1) is 11.3 Å². The van der Waals surface area contributed by atoms with Crippen molar-refractivity contribution >= 4 is 27.3 Å². The molecule has 0 aliphatic heterocycles. The third kappa shape index (κ3) is 3.42. The van der Waals surface area contributed by atoms with E-state index in [1.807, 2.05) is 26.1 Å². The lowest BCUT2D eigenvalue weighted by molar-refractivity contribution is -0.137. The maximum atomic E-state index is 12.8. The highest BCUT2D eigenvalue weighted by molar-refractivity contribution is 9.10. The van der Waals surface area contributed by atoms with Crippen LogP contribution < -0.4 is 5.32 Å². The molecule has 0 spiro atoms. The zero-order chi connectivity index (χ0) is 14.9.